The van der Waals surface area contributed by atoms with Crippen LogP contribution in [0.3, 0.4) is 0 Å². The predicted molar refractivity (Wildman–Crippen MR) is 52.6 cm³/mol. The Balaban J connectivity index is 3.56. The number of halogens is 2. The van der Waals surface area contributed by atoms with Crippen LogP contribution in [0.1, 0.15) is 5.56 Å². The van der Waals surface area contributed by atoms with Gasteiger partial charge in [-0.05, 0) is 24.6 Å². The lowest BCUT2D eigenvalue weighted by molar-refractivity contribution is 0.598. The molecule has 2 N–H and O–H groups in total. The molecule has 0 spiro atoms. The second-order valence-electron chi connectivity index (χ2n) is 2.58. The van der Waals surface area contributed by atoms with E-state index in [1.807, 2.05) is 0 Å². The molecular formula is C7H7Cl2NO2S. The van der Waals surface area contributed by atoms with Gasteiger partial charge in [0.1, 0.15) is 4.90 Å². The second kappa shape index (κ2) is 3.46. The quantitative estimate of drug-likeness (QED) is 0.815. The van der Waals surface area contributed by atoms with E-state index in [1.165, 1.54) is 6.07 Å². The molecule has 72 valence electrons. The summed E-state index contributed by atoms with van der Waals surface area (Å²) in [7, 11) is -3.79. The number of hydrogen-bond acceptors (Lipinski definition) is 2. The van der Waals surface area contributed by atoms with Crippen molar-refractivity contribution in [3.05, 3.63) is 27.7 Å². The maximum Gasteiger partial charge on any atom is 0.239 e. The van der Waals surface area contributed by atoms with Gasteiger partial charge in [-0.1, -0.05) is 23.2 Å². The molecule has 0 bridgehead atoms. The summed E-state index contributed by atoms with van der Waals surface area (Å²) >= 11 is 11.4. The van der Waals surface area contributed by atoms with E-state index in [4.69, 9.17) is 28.3 Å². The fourth-order valence-electron chi connectivity index (χ4n) is 0.902. The van der Waals surface area contributed by atoms with Crippen molar-refractivity contribution < 1.29 is 8.42 Å². The molecule has 3 nitrogen and oxygen atoms in total. The first kappa shape index (κ1) is 10.8. The third-order valence-electron chi connectivity index (χ3n) is 1.49. The van der Waals surface area contributed by atoms with Crippen molar-refractivity contribution in [2.24, 2.45) is 5.14 Å². The summed E-state index contributed by atoms with van der Waals surface area (Å²) in [5, 5.41) is 5.34. The van der Waals surface area contributed by atoms with Crippen molar-refractivity contribution in [1.29, 1.82) is 0 Å². The standard InChI is InChI=1S/C7H7Cl2NO2S/c1-4-2-5(8)3-6(7(4)9)13(10,11)12/h2-3H,1H3,(H2,10,11,12). The summed E-state index contributed by atoms with van der Waals surface area (Å²) in [6, 6.07) is 2.80. The van der Waals surface area contributed by atoms with Crippen LogP contribution in [0, 0.1) is 6.92 Å². The maximum absolute atomic E-state index is 11.0. The zero-order chi connectivity index (χ0) is 10.2. The molecule has 0 atom stereocenters. The van der Waals surface area contributed by atoms with Crippen LogP contribution in [0.25, 0.3) is 0 Å². The minimum atomic E-state index is -3.79. The molecule has 0 aliphatic rings. The zero-order valence-corrected chi connectivity index (χ0v) is 9.04. The highest BCUT2D eigenvalue weighted by molar-refractivity contribution is 7.89. The van der Waals surface area contributed by atoms with Crippen LogP contribution in [-0.4, -0.2) is 8.42 Å². The summed E-state index contributed by atoms with van der Waals surface area (Å²) in [5.41, 5.74) is 0.582. The van der Waals surface area contributed by atoms with E-state index in [0.717, 1.165) is 0 Å². The Bertz CT molecular complexity index is 442. The van der Waals surface area contributed by atoms with Crippen LogP contribution in [0.2, 0.25) is 10.0 Å². The molecular weight excluding hydrogens is 233 g/mol. The Kier molecular flexibility index (Phi) is 2.87. The molecule has 0 saturated carbocycles. The van der Waals surface area contributed by atoms with E-state index in [1.54, 1.807) is 13.0 Å². The number of rotatable bonds is 1. The van der Waals surface area contributed by atoms with Gasteiger partial charge in [0.25, 0.3) is 0 Å². The molecule has 6 heteroatoms. The number of nitrogens with two attached hydrogens (primary N) is 1. The normalized spacial score (nSPS) is 11.7. The number of sulfonamides is 1. The molecule has 0 heterocycles. The topological polar surface area (TPSA) is 60.2 Å². The van der Waals surface area contributed by atoms with Gasteiger partial charge < -0.3 is 0 Å². The summed E-state index contributed by atoms with van der Waals surface area (Å²) < 4.78 is 22.0. The van der Waals surface area contributed by atoms with Crippen molar-refractivity contribution in [3.8, 4) is 0 Å². The monoisotopic (exact) mass is 239 g/mol. The lowest BCUT2D eigenvalue weighted by atomic mass is 10.2. The first-order valence-electron chi connectivity index (χ1n) is 3.31. The number of primary sulfonamides is 1. The Morgan fingerprint density at radius 1 is 1.31 bits per heavy atom. The van der Waals surface area contributed by atoms with Crippen molar-refractivity contribution in [3.63, 3.8) is 0 Å². The molecule has 0 aromatic heterocycles. The second-order valence-corrected chi connectivity index (χ2v) is 4.92. The van der Waals surface area contributed by atoms with Crippen molar-refractivity contribution in [2.45, 2.75) is 11.8 Å². The van der Waals surface area contributed by atoms with Crippen LogP contribution in [0.4, 0.5) is 0 Å². The Morgan fingerprint density at radius 3 is 2.31 bits per heavy atom. The van der Waals surface area contributed by atoms with E-state index >= 15 is 0 Å². The van der Waals surface area contributed by atoms with Gasteiger partial charge in [0.15, 0.2) is 0 Å². The first-order valence-corrected chi connectivity index (χ1v) is 5.61. The molecule has 1 aromatic carbocycles. The van der Waals surface area contributed by atoms with E-state index in [0.29, 0.717) is 10.6 Å². The van der Waals surface area contributed by atoms with Gasteiger partial charge in [-0.2, -0.15) is 0 Å². The fourth-order valence-corrected chi connectivity index (χ4v) is 2.37. The largest absolute Gasteiger partial charge is 0.239 e. The summed E-state index contributed by atoms with van der Waals surface area (Å²) in [6.07, 6.45) is 0. The minimum Gasteiger partial charge on any atom is -0.225 e. The average molecular weight is 240 g/mol. The lowest BCUT2D eigenvalue weighted by Crippen LogP contribution is -2.13. The molecule has 13 heavy (non-hydrogen) atoms. The molecule has 0 fully saturated rings. The van der Waals surface area contributed by atoms with E-state index in [-0.39, 0.29) is 9.92 Å². The molecule has 1 aromatic rings. The summed E-state index contributed by atoms with van der Waals surface area (Å²) in [6.45, 7) is 1.66. The van der Waals surface area contributed by atoms with Gasteiger partial charge in [-0.15, -0.1) is 0 Å². The molecule has 0 unspecified atom stereocenters. The molecule has 0 saturated heterocycles. The Hall–Kier alpha value is -0.290. The van der Waals surface area contributed by atoms with Crippen LogP contribution < -0.4 is 5.14 Å². The van der Waals surface area contributed by atoms with Gasteiger partial charge in [-0.3, -0.25) is 0 Å². The fraction of sp³-hybridized carbons (Fsp3) is 0.143. The van der Waals surface area contributed by atoms with Crippen LogP contribution in [0.5, 0.6) is 0 Å². The number of benzene rings is 1. The molecule has 0 aliphatic carbocycles. The average Bonchev–Trinajstić information content (AvgIpc) is 1.94. The van der Waals surface area contributed by atoms with E-state index < -0.39 is 10.0 Å². The van der Waals surface area contributed by atoms with Crippen molar-refractivity contribution in [1.82, 2.24) is 0 Å². The predicted octanol–water partition coefficient (Wildman–Crippen LogP) is 1.95. The van der Waals surface area contributed by atoms with E-state index in [9.17, 15) is 8.42 Å². The van der Waals surface area contributed by atoms with Crippen LogP contribution in [-0.2, 0) is 10.0 Å². The van der Waals surface area contributed by atoms with Crippen LogP contribution >= 0.6 is 23.2 Å². The van der Waals surface area contributed by atoms with Crippen molar-refractivity contribution >= 4 is 33.2 Å². The highest BCUT2D eigenvalue weighted by Crippen LogP contribution is 2.27. The number of hydrogen-bond donors (Lipinski definition) is 1. The SMILES string of the molecule is Cc1cc(Cl)cc(S(N)(=O)=O)c1Cl. The van der Waals surface area contributed by atoms with Gasteiger partial charge in [-0.25, -0.2) is 13.6 Å². The molecule has 0 radical (unpaired) electrons. The van der Waals surface area contributed by atoms with Crippen LogP contribution in [0.15, 0.2) is 17.0 Å². The molecule has 1 rings (SSSR count). The van der Waals surface area contributed by atoms with Gasteiger partial charge >= 0.3 is 0 Å². The van der Waals surface area contributed by atoms with Crippen molar-refractivity contribution in [2.75, 3.05) is 0 Å². The summed E-state index contributed by atoms with van der Waals surface area (Å²) in [5.74, 6) is 0. The third kappa shape index (κ3) is 2.34. The van der Waals surface area contributed by atoms with Gasteiger partial charge in [0, 0.05) is 5.02 Å². The zero-order valence-electron chi connectivity index (χ0n) is 6.71. The highest BCUT2D eigenvalue weighted by atomic mass is 35.5. The van der Waals surface area contributed by atoms with Gasteiger partial charge in [0.05, 0.1) is 5.02 Å². The lowest BCUT2D eigenvalue weighted by Gasteiger charge is -2.04. The Morgan fingerprint density at radius 2 is 1.85 bits per heavy atom. The summed E-state index contributed by atoms with van der Waals surface area (Å²) in [4.78, 5) is -0.140. The maximum atomic E-state index is 11.0. The smallest absolute Gasteiger partial charge is 0.225 e. The molecule has 0 aliphatic heterocycles. The minimum absolute atomic E-state index is 0.118. The highest BCUT2D eigenvalue weighted by Gasteiger charge is 2.15. The van der Waals surface area contributed by atoms with E-state index in [2.05, 4.69) is 0 Å². The molecule has 0 amide bonds. The number of aryl methyl sites for hydroxylation is 1. The first-order chi connectivity index (χ1) is 5.82. The van der Waals surface area contributed by atoms with Gasteiger partial charge in [0.2, 0.25) is 10.0 Å². The Labute approximate surface area is 86.5 Å². The third-order valence-corrected chi connectivity index (χ3v) is 3.26.